The zero-order valence-electron chi connectivity index (χ0n) is 17.5. The monoisotopic (exact) mass is 433 g/mol. The molecule has 1 aliphatic rings. The van der Waals surface area contributed by atoms with Crippen LogP contribution in [0, 0.1) is 6.92 Å². The molecule has 1 aromatic heterocycles. The van der Waals surface area contributed by atoms with Gasteiger partial charge in [-0.05, 0) is 48.7 Å². The van der Waals surface area contributed by atoms with Gasteiger partial charge >= 0.3 is 0 Å². The fourth-order valence-electron chi connectivity index (χ4n) is 3.44. The molecule has 4 rings (SSSR count). The summed E-state index contributed by atoms with van der Waals surface area (Å²) in [4.78, 5) is 28.3. The third-order valence-corrected chi connectivity index (χ3v) is 6.28. The van der Waals surface area contributed by atoms with E-state index in [2.05, 4.69) is 0 Å². The second-order valence-electron chi connectivity index (χ2n) is 7.30. The van der Waals surface area contributed by atoms with Crippen molar-refractivity contribution in [3.63, 3.8) is 0 Å². The van der Waals surface area contributed by atoms with Gasteiger partial charge in [-0.2, -0.15) is 0 Å². The van der Waals surface area contributed by atoms with Crippen LogP contribution in [0.2, 0.25) is 0 Å². The molecule has 0 fully saturated rings. The van der Waals surface area contributed by atoms with Crippen molar-refractivity contribution in [2.45, 2.75) is 19.1 Å². The van der Waals surface area contributed by atoms with E-state index >= 15 is 0 Å². The molecule has 2 aromatic carbocycles. The molecule has 2 amide bonds. The molecule has 3 aromatic rings. The molecule has 0 N–H and O–H groups in total. The summed E-state index contributed by atoms with van der Waals surface area (Å²) in [6.07, 6.45) is 2.19. The van der Waals surface area contributed by atoms with Gasteiger partial charge in [-0.15, -0.1) is 11.8 Å². The first kappa shape index (κ1) is 21.0. The van der Waals surface area contributed by atoms with E-state index in [1.165, 1.54) is 16.7 Å². The molecule has 0 spiro atoms. The van der Waals surface area contributed by atoms with Gasteiger partial charge in [0.05, 0.1) is 29.6 Å². The minimum absolute atomic E-state index is 0.245. The summed E-state index contributed by atoms with van der Waals surface area (Å²) in [5, 5.41) is 0. The van der Waals surface area contributed by atoms with Gasteiger partial charge in [-0.1, -0.05) is 42.0 Å². The van der Waals surface area contributed by atoms with E-state index in [0.29, 0.717) is 29.2 Å². The SMILES string of the molecule is COc1ccc(CCN2C(=O)C(SCc3ccco3)=C(c3ccc(C)cc3)C2=O)cc1. The molecule has 0 saturated heterocycles. The van der Waals surface area contributed by atoms with Crippen molar-refractivity contribution < 1.29 is 18.7 Å². The first-order valence-corrected chi connectivity index (χ1v) is 11.0. The molecule has 0 bridgehead atoms. The number of amides is 2. The summed E-state index contributed by atoms with van der Waals surface area (Å²) in [5.41, 5.74) is 3.37. The van der Waals surface area contributed by atoms with E-state index in [-0.39, 0.29) is 11.8 Å². The summed E-state index contributed by atoms with van der Waals surface area (Å²) in [7, 11) is 1.62. The highest BCUT2D eigenvalue weighted by molar-refractivity contribution is 8.03. The number of benzene rings is 2. The van der Waals surface area contributed by atoms with E-state index in [4.69, 9.17) is 9.15 Å². The van der Waals surface area contributed by atoms with Crippen LogP contribution in [0.25, 0.3) is 5.57 Å². The summed E-state index contributed by atoms with van der Waals surface area (Å²) >= 11 is 1.35. The van der Waals surface area contributed by atoms with Gasteiger partial charge in [0, 0.05) is 6.54 Å². The minimum Gasteiger partial charge on any atom is -0.497 e. The summed E-state index contributed by atoms with van der Waals surface area (Å²) in [6.45, 7) is 2.32. The fourth-order valence-corrected chi connectivity index (χ4v) is 4.47. The maximum absolute atomic E-state index is 13.3. The van der Waals surface area contributed by atoms with E-state index in [9.17, 15) is 9.59 Å². The van der Waals surface area contributed by atoms with E-state index in [0.717, 1.165) is 28.2 Å². The van der Waals surface area contributed by atoms with Gasteiger partial charge in [-0.3, -0.25) is 14.5 Å². The number of methoxy groups -OCH3 is 1. The molecule has 2 heterocycles. The third kappa shape index (κ3) is 4.59. The van der Waals surface area contributed by atoms with Crippen LogP contribution in [-0.2, 0) is 21.8 Å². The Kier molecular flexibility index (Phi) is 6.28. The lowest BCUT2D eigenvalue weighted by molar-refractivity contribution is -0.136. The molecule has 31 heavy (non-hydrogen) atoms. The Labute approximate surface area is 185 Å². The van der Waals surface area contributed by atoms with Crippen molar-refractivity contribution in [3.8, 4) is 5.75 Å². The van der Waals surface area contributed by atoms with Crippen molar-refractivity contribution in [1.29, 1.82) is 0 Å². The molecule has 6 heteroatoms. The highest BCUT2D eigenvalue weighted by Gasteiger charge is 2.38. The number of ether oxygens (including phenoxy) is 1. The van der Waals surface area contributed by atoms with Crippen LogP contribution in [0.5, 0.6) is 5.75 Å². The molecule has 0 radical (unpaired) electrons. The Bertz CT molecular complexity index is 1100. The van der Waals surface area contributed by atoms with Crippen molar-refractivity contribution in [2.75, 3.05) is 13.7 Å². The zero-order valence-corrected chi connectivity index (χ0v) is 18.3. The smallest absolute Gasteiger partial charge is 0.268 e. The number of nitrogens with zero attached hydrogens (tertiary/aromatic N) is 1. The van der Waals surface area contributed by atoms with Crippen molar-refractivity contribution >= 4 is 29.1 Å². The number of imide groups is 1. The van der Waals surface area contributed by atoms with Crippen LogP contribution < -0.4 is 4.74 Å². The molecular formula is C25H23NO4S. The average Bonchev–Trinajstić information content (AvgIpc) is 3.38. The van der Waals surface area contributed by atoms with Gasteiger partial charge in [0.25, 0.3) is 11.8 Å². The van der Waals surface area contributed by atoms with E-state index in [1.54, 1.807) is 13.4 Å². The van der Waals surface area contributed by atoms with Gasteiger partial charge < -0.3 is 9.15 Å². The van der Waals surface area contributed by atoms with E-state index in [1.807, 2.05) is 67.6 Å². The molecular weight excluding hydrogens is 410 g/mol. The van der Waals surface area contributed by atoms with E-state index < -0.39 is 0 Å². The van der Waals surface area contributed by atoms with Crippen LogP contribution in [0.15, 0.2) is 76.2 Å². The molecule has 1 aliphatic heterocycles. The van der Waals surface area contributed by atoms with Crippen LogP contribution in [0.1, 0.15) is 22.5 Å². The Morgan fingerprint density at radius 3 is 2.35 bits per heavy atom. The lowest BCUT2D eigenvalue weighted by atomic mass is 10.0. The van der Waals surface area contributed by atoms with Crippen LogP contribution in [0.4, 0.5) is 0 Å². The lowest BCUT2D eigenvalue weighted by Crippen LogP contribution is -2.33. The molecule has 5 nitrogen and oxygen atoms in total. The predicted molar refractivity (Wildman–Crippen MR) is 122 cm³/mol. The Morgan fingerprint density at radius 1 is 0.968 bits per heavy atom. The summed E-state index contributed by atoms with van der Waals surface area (Å²) < 4.78 is 10.6. The largest absolute Gasteiger partial charge is 0.497 e. The quantitative estimate of drug-likeness (QED) is 0.475. The number of furan rings is 1. The van der Waals surface area contributed by atoms with Crippen molar-refractivity contribution in [2.24, 2.45) is 0 Å². The summed E-state index contributed by atoms with van der Waals surface area (Å²) in [6, 6.07) is 19.0. The highest BCUT2D eigenvalue weighted by Crippen LogP contribution is 2.37. The predicted octanol–water partition coefficient (Wildman–Crippen LogP) is 4.85. The van der Waals surface area contributed by atoms with Crippen LogP contribution in [-0.4, -0.2) is 30.4 Å². The Balaban J connectivity index is 1.57. The second kappa shape index (κ2) is 9.27. The average molecular weight is 434 g/mol. The van der Waals surface area contributed by atoms with Crippen molar-refractivity contribution in [1.82, 2.24) is 4.90 Å². The van der Waals surface area contributed by atoms with Gasteiger partial charge in [0.1, 0.15) is 11.5 Å². The number of thioether (sulfide) groups is 1. The number of carbonyl (C=O) groups is 2. The van der Waals surface area contributed by atoms with Crippen LogP contribution in [0.3, 0.4) is 0 Å². The Hall–Kier alpha value is -3.25. The van der Waals surface area contributed by atoms with Gasteiger partial charge in [-0.25, -0.2) is 0 Å². The minimum atomic E-state index is -0.246. The van der Waals surface area contributed by atoms with Gasteiger partial charge in [0.15, 0.2) is 0 Å². The zero-order chi connectivity index (χ0) is 21.8. The molecule has 158 valence electrons. The lowest BCUT2D eigenvalue weighted by Gasteiger charge is -2.15. The number of rotatable bonds is 8. The molecule has 0 aliphatic carbocycles. The van der Waals surface area contributed by atoms with Crippen LogP contribution >= 0.6 is 11.8 Å². The third-order valence-electron chi connectivity index (χ3n) is 5.19. The normalized spacial score (nSPS) is 13.9. The second-order valence-corrected chi connectivity index (χ2v) is 8.28. The molecule has 0 saturated carbocycles. The van der Waals surface area contributed by atoms with Crippen molar-refractivity contribution in [3.05, 3.63) is 94.3 Å². The number of carbonyl (C=O) groups excluding carboxylic acids is 2. The maximum Gasteiger partial charge on any atom is 0.268 e. The number of hydrogen-bond acceptors (Lipinski definition) is 5. The highest BCUT2D eigenvalue weighted by atomic mass is 32.2. The topological polar surface area (TPSA) is 59.8 Å². The standard InChI is InChI=1S/C25H23NO4S/c1-17-5-9-19(10-6-17)22-23(31-16-21-4-3-15-30-21)25(28)26(24(22)27)14-13-18-7-11-20(29-2)12-8-18/h3-12,15H,13-14,16H2,1-2H3. The Morgan fingerprint density at radius 2 is 1.71 bits per heavy atom. The first-order valence-electron chi connectivity index (χ1n) is 10.0. The molecule has 0 atom stereocenters. The maximum atomic E-state index is 13.3. The number of aryl methyl sites for hydroxylation is 1. The summed E-state index contributed by atoms with van der Waals surface area (Å²) in [5.74, 6) is 1.54. The number of hydrogen-bond donors (Lipinski definition) is 0. The van der Waals surface area contributed by atoms with Gasteiger partial charge in [0.2, 0.25) is 0 Å². The first-order chi connectivity index (χ1) is 15.1. The molecule has 0 unspecified atom stereocenters. The fraction of sp³-hybridized carbons (Fsp3) is 0.200.